The van der Waals surface area contributed by atoms with Crippen LogP contribution in [-0.4, -0.2) is 29.0 Å². The van der Waals surface area contributed by atoms with Crippen LogP contribution in [0.1, 0.15) is 41.6 Å². The lowest BCUT2D eigenvalue weighted by Gasteiger charge is -2.24. The Hall–Kier alpha value is -2.50. The molecule has 0 bridgehead atoms. The molecule has 1 N–H and O–H groups in total. The number of carbonyl (C=O) groups is 1. The van der Waals surface area contributed by atoms with Crippen molar-refractivity contribution in [2.75, 3.05) is 23.3 Å². The van der Waals surface area contributed by atoms with Crippen molar-refractivity contribution in [3.63, 3.8) is 0 Å². The molecule has 2 aromatic rings. The van der Waals surface area contributed by atoms with Crippen LogP contribution in [0.2, 0.25) is 0 Å². The normalized spacial score (nSPS) is 15.0. The smallest absolute Gasteiger partial charge is 0.259 e. The summed E-state index contributed by atoms with van der Waals surface area (Å²) in [5.41, 5.74) is 1.76. The van der Waals surface area contributed by atoms with E-state index >= 15 is 0 Å². The van der Waals surface area contributed by atoms with E-state index in [1.165, 1.54) is 25.1 Å². The maximum absolute atomic E-state index is 13.3. The zero-order valence-corrected chi connectivity index (χ0v) is 13.8. The molecule has 24 heavy (non-hydrogen) atoms. The summed E-state index contributed by atoms with van der Waals surface area (Å²) in [7, 11) is 0. The number of carbonyl (C=O) groups excluding carboxylic acids is 1. The third-order valence-corrected chi connectivity index (χ3v) is 4.12. The standard InChI is InChI=1S/C18H21FN4O/c1-13-8-16(18(24)22-15-9-14(19)11-20-12-15)17(21-10-13)23-6-4-2-3-5-7-23/h8-12H,2-7H2,1H3,(H,22,24). The predicted octanol–water partition coefficient (Wildman–Crippen LogP) is 3.56. The number of rotatable bonds is 3. The third kappa shape index (κ3) is 3.88. The Morgan fingerprint density at radius 1 is 1.12 bits per heavy atom. The van der Waals surface area contributed by atoms with Gasteiger partial charge in [-0.15, -0.1) is 0 Å². The first kappa shape index (κ1) is 16.4. The minimum Gasteiger partial charge on any atom is -0.356 e. The highest BCUT2D eigenvalue weighted by Crippen LogP contribution is 2.23. The Bertz CT molecular complexity index is 727. The number of anilines is 2. The fraction of sp³-hybridized carbons (Fsp3) is 0.389. The average Bonchev–Trinajstić information content (AvgIpc) is 2.84. The Balaban J connectivity index is 1.88. The molecule has 1 aliphatic heterocycles. The molecule has 1 fully saturated rings. The third-order valence-electron chi connectivity index (χ3n) is 4.12. The van der Waals surface area contributed by atoms with Crippen molar-refractivity contribution in [2.24, 2.45) is 0 Å². The van der Waals surface area contributed by atoms with Crippen LogP contribution in [0, 0.1) is 12.7 Å². The summed E-state index contributed by atoms with van der Waals surface area (Å²) >= 11 is 0. The first-order chi connectivity index (χ1) is 11.6. The topological polar surface area (TPSA) is 58.1 Å². The zero-order valence-electron chi connectivity index (χ0n) is 13.8. The van der Waals surface area contributed by atoms with Gasteiger partial charge in [0, 0.05) is 25.4 Å². The van der Waals surface area contributed by atoms with Crippen molar-refractivity contribution in [3.05, 3.63) is 47.7 Å². The van der Waals surface area contributed by atoms with Crippen molar-refractivity contribution in [2.45, 2.75) is 32.6 Å². The summed E-state index contributed by atoms with van der Waals surface area (Å²) in [4.78, 5) is 23.1. The second-order valence-electron chi connectivity index (χ2n) is 6.13. The lowest BCUT2D eigenvalue weighted by atomic mass is 10.1. The molecule has 126 valence electrons. The molecule has 3 heterocycles. The predicted molar refractivity (Wildman–Crippen MR) is 91.8 cm³/mol. The summed E-state index contributed by atoms with van der Waals surface area (Å²) in [6.45, 7) is 3.70. The van der Waals surface area contributed by atoms with E-state index in [1.54, 1.807) is 6.20 Å². The summed E-state index contributed by atoms with van der Waals surface area (Å²) in [6, 6.07) is 3.08. The van der Waals surface area contributed by atoms with E-state index in [2.05, 4.69) is 20.2 Å². The molecule has 2 aromatic heterocycles. The molecule has 1 aliphatic rings. The van der Waals surface area contributed by atoms with Gasteiger partial charge in [0.1, 0.15) is 11.6 Å². The van der Waals surface area contributed by atoms with Gasteiger partial charge in [0.05, 0.1) is 23.6 Å². The Labute approximate surface area is 140 Å². The number of halogens is 1. The molecule has 6 heteroatoms. The first-order valence-corrected chi connectivity index (χ1v) is 8.27. The maximum atomic E-state index is 13.3. The average molecular weight is 328 g/mol. The minimum atomic E-state index is -0.483. The quantitative estimate of drug-likeness (QED) is 0.936. The minimum absolute atomic E-state index is 0.294. The molecular weight excluding hydrogens is 307 g/mol. The van der Waals surface area contributed by atoms with Gasteiger partial charge in [-0.3, -0.25) is 9.78 Å². The molecule has 0 spiro atoms. The van der Waals surface area contributed by atoms with Crippen molar-refractivity contribution in [3.8, 4) is 0 Å². The van der Waals surface area contributed by atoms with E-state index in [0.717, 1.165) is 37.7 Å². The lowest BCUT2D eigenvalue weighted by Crippen LogP contribution is -2.28. The fourth-order valence-corrected chi connectivity index (χ4v) is 2.94. The molecule has 0 atom stereocenters. The van der Waals surface area contributed by atoms with Gasteiger partial charge < -0.3 is 10.2 Å². The zero-order chi connectivity index (χ0) is 16.9. The van der Waals surface area contributed by atoms with Gasteiger partial charge in [0.2, 0.25) is 0 Å². The van der Waals surface area contributed by atoms with Gasteiger partial charge in [0.15, 0.2) is 0 Å². The van der Waals surface area contributed by atoms with Crippen molar-refractivity contribution in [1.82, 2.24) is 9.97 Å². The van der Waals surface area contributed by atoms with Crippen molar-refractivity contribution >= 4 is 17.4 Å². The first-order valence-electron chi connectivity index (χ1n) is 8.27. The summed E-state index contributed by atoms with van der Waals surface area (Å²) < 4.78 is 13.3. The van der Waals surface area contributed by atoms with Crippen molar-refractivity contribution < 1.29 is 9.18 Å². The molecule has 0 aliphatic carbocycles. The Kier molecular flexibility index (Phi) is 5.03. The van der Waals surface area contributed by atoms with Gasteiger partial charge in [-0.2, -0.15) is 0 Å². The van der Waals surface area contributed by atoms with Crippen LogP contribution >= 0.6 is 0 Å². The molecule has 3 rings (SSSR count). The highest BCUT2D eigenvalue weighted by molar-refractivity contribution is 6.07. The highest BCUT2D eigenvalue weighted by Gasteiger charge is 2.20. The number of hydrogen-bond acceptors (Lipinski definition) is 4. The van der Waals surface area contributed by atoms with Gasteiger partial charge in [-0.1, -0.05) is 12.8 Å². The summed E-state index contributed by atoms with van der Waals surface area (Å²) in [5, 5.41) is 2.71. The second-order valence-corrected chi connectivity index (χ2v) is 6.13. The van der Waals surface area contributed by atoms with E-state index in [4.69, 9.17) is 0 Å². The van der Waals surface area contributed by atoms with Gasteiger partial charge in [-0.05, 0) is 31.4 Å². The summed E-state index contributed by atoms with van der Waals surface area (Å²) in [6.07, 6.45) is 8.93. The molecule has 1 amide bonds. The van der Waals surface area contributed by atoms with Crippen LogP contribution in [0.15, 0.2) is 30.7 Å². The molecule has 0 aromatic carbocycles. The fourth-order valence-electron chi connectivity index (χ4n) is 2.94. The van der Waals surface area contributed by atoms with Crippen LogP contribution in [0.4, 0.5) is 15.9 Å². The van der Waals surface area contributed by atoms with Crippen LogP contribution < -0.4 is 10.2 Å². The lowest BCUT2D eigenvalue weighted by molar-refractivity contribution is 0.102. The number of nitrogens with one attached hydrogen (secondary N) is 1. The van der Waals surface area contributed by atoms with E-state index in [1.807, 2.05) is 13.0 Å². The summed E-state index contributed by atoms with van der Waals surface area (Å²) in [5.74, 6) is -0.0786. The van der Waals surface area contributed by atoms with Gasteiger partial charge in [-0.25, -0.2) is 9.37 Å². The number of nitrogens with zero attached hydrogens (tertiary/aromatic N) is 3. The number of pyridine rings is 2. The van der Waals surface area contributed by atoms with Crippen LogP contribution in [-0.2, 0) is 0 Å². The van der Waals surface area contributed by atoms with Gasteiger partial charge in [0.25, 0.3) is 5.91 Å². The largest absolute Gasteiger partial charge is 0.356 e. The Morgan fingerprint density at radius 3 is 2.58 bits per heavy atom. The van der Waals surface area contributed by atoms with E-state index in [0.29, 0.717) is 17.1 Å². The van der Waals surface area contributed by atoms with E-state index < -0.39 is 5.82 Å². The monoisotopic (exact) mass is 328 g/mol. The van der Waals surface area contributed by atoms with Crippen LogP contribution in [0.3, 0.4) is 0 Å². The highest BCUT2D eigenvalue weighted by atomic mass is 19.1. The molecule has 1 saturated heterocycles. The second kappa shape index (κ2) is 7.38. The SMILES string of the molecule is Cc1cnc(N2CCCCCC2)c(C(=O)Nc2cncc(F)c2)c1. The molecule has 0 radical (unpaired) electrons. The van der Waals surface area contributed by atoms with Crippen molar-refractivity contribution in [1.29, 1.82) is 0 Å². The van der Waals surface area contributed by atoms with E-state index in [-0.39, 0.29) is 5.91 Å². The van der Waals surface area contributed by atoms with Gasteiger partial charge >= 0.3 is 0 Å². The van der Waals surface area contributed by atoms with Crippen LogP contribution in [0.25, 0.3) is 0 Å². The Morgan fingerprint density at radius 2 is 1.88 bits per heavy atom. The van der Waals surface area contributed by atoms with E-state index in [9.17, 15) is 9.18 Å². The molecule has 0 unspecified atom stereocenters. The number of aryl methyl sites for hydroxylation is 1. The number of aromatic nitrogens is 2. The number of amides is 1. The maximum Gasteiger partial charge on any atom is 0.259 e. The molecule has 5 nitrogen and oxygen atoms in total. The molecular formula is C18H21FN4O. The molecule has 0 saturated carbocycles. The number of hydrogen-bond donors (Lipinski definition) is 1. The van der Waals surface area contributed by atoms with Crippen LogP contribution in [0.5, 0.6) is 0 Å².